The third-order valence-corrected chi connectivity index (χ3v) is 4.43. The van der Waals surface area contributed by atoms with Crippen LogP contribution in [-0.2, 0) is 17.6 Å². The van der Waals surface area contributed by atoms with Gasteiger partial charge in [-0.15, -0.1) is 0 Å². The van der Waals surface area contributed by atoms with Gasteiger partial charge in [0.15, 0.2) is 5.11 Å². The summed E-state index contributed by atoms with van der Waals surface area (Å²) in [4.78, 5) is 12.0. The lowest BCUT2D eigenvalue weighted by molar-refractivity contribution is -0.121. The highest BCUT2D eigenvalue weighted by molar-refractivity contribution is 7.80. The summed E-state index contributed by atoms with van der Waals surface area (Å²) in [5, 5.41) is 3.42. The fraction of sp³-hybridized carbons (Fsp3) is 0.333. The molecule has 138 valence electrons. The molecule has 2 aromatic rings. The predicted octanol–water partition coefficient (Wildman–Crippen LogP) is 4.32. The van der Waals surface area contributed by atoms with Crippen LogP contribution in [0.4, 0.5) is 5.69 Å². The molecule has 5 heteroatoms. The van der Waals surface area contributed by atoms with Crippen LogP contribution in [0.2, 0.25) is 0 Å². The Kier molecular flexibility index (Phi) is 7.60. The number of thiocarbonyl (C=S) groups is 1. The van der Waals surface area contributed by atoms with Crippen LogP contribution >= 0.6 is 12.2 Å². The van der Waals surface area contributed by atoms with Crippen molar-refractivity contribution in [2.24, 2.45) is 0 Å². The Bertz CT molecular complexity index is 724. The van der Waals surface area contributed by atoms with Crippen molar-refractivity contribution in [1.29, 1.82) is 0 Å². The summed E-state index contributed by atoms with van der Waals surface area (Å²) in [7, 11) is 0. The largest absolute Gasteiger partial charge is 0.331 e. The Morgan fingerprint density at radius 3 is 2.15 bits per heavy atom. The van der Waals surface area contributed by atoms with Crippen molar-refractivity contribution >= 4 is 28.9 Å². The van der Waals surface area contributed by atoms with Crippen LogP contribution in [0.15, 0.2) is 48.5 Å². The molecule has 0 saturated carbocycles. The van der Waals surface area contributed by atoms with Gasteiger partial charge in [0.25, 0.3) is 0 Å². The van der Waals surface area contributed by atoms with Crippen molar-refractivity contribution in [2.75, 3.05) is 5.32 Å². The first-order valence-corrected chi connectivity index (χ1v) is 9.42. The van der Waals surface area contributed by atoms with Gasteiger partial charge in [0.2, 0.25) is 5.91 Å². The van der Waals surface area contributed by atoms with E-state index in [-0.39, 0.29) is 5.91 Å². The molecule has 0 aliphatic rings. The minimum atomic E-state index is -0.0936. The number of anilines is 1. The van der Waals surface area contributed by atoms with Crippen LogP contribution in [0.3, 0.4) is 0 Å². The normalized spacial score (nSPS) is 10.5. The summed E-state index contributed by atoms with van der Waals surface area (Å²) in [6.45, 7) is 6.44. The van der Waals surface area contributed by atoms with Crippen molar-refractivity contribution in [3.8, 4) is 0 Å². The van der Waals surface area contributed by atoms with Gasteiger partial charge in [-0.05, 0) is 59.8 Å². The van der Waals surface area contributed by atoms with Crippen molar-refractivity contribution in [1.82, 2.24) is 10.9 Å². The maximum atomic E-state index is 12.0. The molecule has 0 fully saturated rings. The van der Waals surface area contributed by atoms with Crippen LogP contribution in [0, 0.1) is 0 Å². The summed E-state index contributed by atoms with van der Waals surface area (Å²) in [5.41, 5.74) is 9.99. The number of rotatable bonds is 6. The number of carbonyl (C=O) groups is 1. The van der Waals surface area contributed by atoms with Gasteiger partial charge in [0.05, 0.1) is 0 Å². The van der Waals surface area contributed by atoms with E-state index >= 15 is 0 Å². The van der Waals surface area contributed by atoms with Gasteiger partial charge in [-0.3, -0.25) is 15.6 Å². The van der Waals surface area contributed by atoms with Crippen LogP contribution in [-0.4, -0.2) is 11.0 Å². The zero-order valence-corrected chi connectivity index (χ0v) is 16.5. The molecule has 2 aromatic carbocycles. The van der Waals surface area contributed by atoms with Crippen molar-refractivity contribution in [2.45, 2.75) is 46.0 Å². The van der Waals surface area contributed by atoms with E-state index < -0.39 is 0 Å². The summed E-state index contributed by atoms with van der Waals surface area (Å²) < 4.78 is 0. The number of amides is 1. The van der Waals surface area contributed by atoms with E-state index in [0.29, 0.717) is 23.9 Å². The molecular weight excluding hydrogens is 342 g/mol. The third kappa shape index (κ3) is 6.48. The highest BCUT2D eigenvalue weighted by Crippen LogP contribution is 2.16. The van der Waals surface area contributed by atoms with Gasteiger partial charge < -0.3 is 5.32 Å². The van der Waals surface area contributed by atoms with E-state index in [1.54, 1.807) is 0 Å². The molecule has 2 rings (SSSR count). The fourth-order valence-corrected chi connectivity index (χ4v) is 2.67. The molecular formula is C21H27N3OS. The smallest absolute Gasteiger partial charge is 0.238 e. The Hall–Kier alpha value is -2.40. The average molecular weight is 370 g/mol. The van der Waals surface area contributed by atoms with E-state index in [2.05, 4.69) is 73.3 Å². The molecule has 0 radical (unpaired) electrons. The Balaban J connectivity index is 1.71. The highest BCUT2D eigenvalue weighted by Gasteiger charge is 2.04. The van der Waals surface area contributed by atoms with Gasteiger partial charge in [-0.1, -0.05) is 57.2 Å². The second-order valence-corrected chi connectivity index (χ2v) is 6.98. The highest BCUT2D eigenvalue weighted by atomic mass is 32.1. The van der Waals surface area contributed by atoms with E-state index in [0.717, 1.165) is 17.7 Å². The molecule has 0 aliphatic carbocycles. The Labute approximate surface area is 161 Å². The van der Waals surface area contributed by atoms with Crippen molar-refractivity contribution in [3.05, 3.63) is 65.2 Å². The Morgan fingerprint density at radius 2 is 1.58 bits per heavy atom. The number of hydrazine groups is 1. The second kappa shape index (κ2) is 9.92. The standard InChI is InChI=1S/C21H27N3OS/c1-4-16-5-7-17(8-6-16)9-14-20(25)23-24-21(26)22-19-12-10-18(11-13-19)15(2)3/h5-8,10-13,15H,4,9,14H2,1-3H3,(H,23,25)(H2,22,24,26). The molecule has 0 saturated heterocycles. The summed E-state index contributed by atoms with van der Waals surface area (Å²) in [5.74, 6) is 0.399. The van der Waals surface area contributed by atoms with E-state index in [4.69, 9.17) is 12.2 Å². The quantitative estimate of drug-likeness (QED) is 0.524. The first-order valence-electron chi connectivity index (χ1n) is 9.01. The topological polar surface area (TPSA) is 53.2 Å². The number of hydrogen-bond acceptors (Lipinski definition) is 2. The molecule has 1 amide bonds. The van der Waals surface area contributed by atoms with Crippen molar-refractivity contribution < 1.29 is 4.79 Å². The van der Waals surface area contributed by atoms with Gasteiger partial charge in [-0.2, -0.15) is 0 Å². The summed E-state index contributed by atoms with van der Waals surface area (Å²) in [6.07, 6.45) is 2.13. The number of aryl methyl sites for hydroxylation is 2. The molecule has 4 nitrogen and oxygen atoms in total. The zero-order chi connectivity index (χ0) is 18.9. The molecule has 0 unspecified atom stereocenters. The number of carbonyl (C=O) groups excluding carboxylic acids is 1. The minimum Gasteiger partial charge on any atom is -0.331 e. The predicted molar refractivity (Wildman–Crippen MR) is 112 cm³/mol. The molecule has 3 N–H and O–H groups in total. The maximum Gasteiger partial charge on any atom is 0.238 e. The lowest BCUT2D eigenvalue weighted by atomic mass is 10.0. The SMILES string of the molecule is CCc1ccc(CCC(=O)NNC(=S)Nc2ccc(C(C)C)cc2)cc1. The van der Waals surface area contributed by atoms with E-state index in [9.17, 15) is 4.79 Å². The van der Waals surface area contributed by atoms with Gasteiger partial charge in [0.1, 0.15) is 0 Å². The zero-order valence-electron chi connectivity index (χ0n) is 15.6. The molecule has 0 atom stereocenters. The Morgan fingerprint density at radius 1 is 0.962 bits per heavy atom. The van der Waals surface area contributed by atoms with Crippen LogP contribution in [0.5, 0.6) is 0 Å². The first kappa shape index (κ1) is 19.9. The number of nitrogens with one attached hydrogen (secondary N) is 3. The lowest BCUT2D eigenvalue weighted by Gasteiger charge is -2.12. The fourth-order valence-electron chi connectivity index (χ4n) is 2.50. The molecule has 26 heavy (non-hydrogen) atoms. The van der Waals surface area contributed by atoms with E-state index in [1.165, 1.54) is 11.1 Å². The summed E-state index contributed by atoms with van der Waals surface area (Å²) in [6, 6.07) is 16.5. The summed E-state index contributed by atoms with van der Waals surface area (Å²) >= 11 is 5.21. The number of hydrogen-bond donors (Lipinski definition) is 3. The first-order chi connectivity index (χ1) is 12.5. The molecule has 0 aromatic heterocycles. The molecule has 0 spiro atoms. The van der Waals surface area contributed by atoms with Gasteiger partial charge in [-0.25, -0.2) is 0 Å². The van der Waals surface area contributed by atoms with Gasteiger partial charge >= 0.3 is 0 Å². The monoisotopic (exact) mass is 369 g/mol. The molecule has 0 aliphatic heterocycles. The van der Waals surface area contributed by atoms with Crippen LogP contribution in [0.1, 0.15) is 49.8 Å². The molecule has 0 heterocycles. The van der Waals surface area contributed by atoms with E-state index in [1.807, 2.05) is 12.1 Å². The molecule has 0 bridgehead atoms. The maximum absolute atomic E-state index is 12.0. The third-order valence-electron chi connectivity index (χ3n) is 4.22. The second-order valence-electron chi connectivity index (χ2n) is 6.57. The number of benzene rings is 2. The van der Waals surface area contributed by atoms with Crippen LogP contribution < -0.4 is 16.2 Å². The van der Waals surface area contributed by atoms with Gasteiger partial charge in [0, 0.05) is 12.1 Å². The van der Waals surface area contributed by atoms with Crippen molar-refractivity contribution in [3.63, 3.8) is 0 Å². The van der Waals surface area contributed by atoms with Crippen LogP contribution in [0.25, 0.3) is 0 Å². The lowest BCUT2D eigenvalue weighted by Crippen LogP contribution is -2.43. The minimum absolute atomic E-state index is 0.0936. The average Bonchev–Trinajstić information content (AvgIpc) is 2.65.